The quantitative estimate of drug-likeness (QED) is 0.345. The van der Waals surface area contributed by atoms with E-state index < -0.39 is 17.4 Å². The van der Waals surface area contributed by atoms with Crippen LogP contribution in [0, 0.1) is 0 Å². The van der Waals surface area contributed by atoms with Gasteiger partial charge in [0.1, 0.15) is 12.7 Å². The summed E-state index contributed by atoms with van der Waals surface area (Å²) in [6.45, 7) is 4.04. The molecule has 0 aliphatic carbocycles. The first-order valence-corrected chi connectivity index (χ1v) is 15.1. The third-order valence-electron chi connectivity index (χ3n) is 8.14. The van der Waals surface area contributed by atoms with E-state index in [1.54, 1.807) is 4.90 Å². The van der Waals surface area contributed by atoms with Gasteiger partial charge in [-0.1, -0.05) is 79.2 Å². The molecule has 2 heterocycles. The third-order valence-corrected chi connectivity index (χ3v) is 8.97. The molecule has 2 fully saturated rings. The maximum atomic E-state index is 13.7. The number of hydrogen-bond donors (Lipinski definition) is 0. The van der Waals surface area contributed by atoms with Gasteiger partial charge in [-0.05, 0) is 34.7 Å². The number of rotatable bonds is 10. The Hall–Kier alpha value is -2.66. The Labute approximate surface area is 239 Å². The molecule has 8 nitrogen and oxygen atoms in total. The SMILES string of the molecule is CN(C(=O)COC(c1cccc2ccccc12)C1CCCCN1S(=O)[O-])C(CN1CCOCC1)c1ccccc1. The normalized spacial score (nSPS) is 21.1. The summed E-state index contributed by atoms with van der Waals surface area (Å²) in [5, 5.41) is 2.06. The van der Waals surface area contributed by atoms with Crippen LogP contribution in [0.3, 0.4) is 0 Å². The Kier molecular flexibility index (Phi) is 9.96. The molecule has 2 aliphatic rings. The Bertz CT molecular complexity index is 1280. The molecule has 0 saturated carbocycles. The molecule has 2 aliphatic heterocycles. The molecule has 4 unspecified atom stereocenters. The number of nitrogens with zero attached hydrogens (tertiary/aromatic N) is 3. The van der Waals surface area contributed by atoms with Gasteiger partial charge in [0, 0.05) is 44.5 Å². The molecule has 4 atom stereocenters. The van der Waals surface area contributed by atoms with Gasteiger partial charge in [0.25, 0.3) is 0 Å². The van der Waals surface area contributed by atoms with Crippen molar-refractivity contribution in [3.63, 3.8) is 0 Å². The highest BCUT2D eigenvalue weighted by atomic mass is 32.2. The highest BCUT2D eigenvalue weighted by molar-refractivity contribution is 7.76. The number of morpholine rings is 1. The number of ether oxygens (including phenoxy) is 2. The van der Waals surface area contributed by atoms with Crippen LogP contribution >= 0.6 is 0 Å². The number of benzene rings is 3. The number of hydrogen-bond acceptors (Lipinski definition) is 6. The van der Waals surface area contributed by atoms with Gasteiger partial charge >= 0.3 is 0 Å². The van der Waals surface area contributed by atoms with E-state index in [1.807, 2.05) is 67.7 Å². The smallest absolute Gasteiger partial charge is 0.248 e. The lowest BCUT2D eigenvalue weighted by Gasteiger charge is -2.41. The van der Waals surface area contributed by atoms with Crippen LogP contribution in [0.5, 0.6) is 0 Å². The first kappa shape index (κ1) is 28.9. The molecular weight excluding hydrogens is 526 g/mol. The summed E-state index contributed by atoms with van der Waals surface area (Å²) in [6.07, 6.45) is 1.83. The van der Waals surface area contributed by atoms with Crippen LogP contribution in [0.15, 0.2) is 72.8 Å². The summed E-state index contributed by atoms with van der Waals surface area (Å²) in [7, 11) is 1.83. The number of piperidine rings is 1. The van der Waals surface area contributed by atoms with Gasteiger partial charge < -0.3 is 18.9 Å². The molecule has 0 bridgehead atoms. The minimum absolute atomic E-state index is 0.141. The standard InChI is InChI=1S/C31H39N3O5S/c1-32(29(25-11-3-2-4-12-25)22-33-18-20-38-21-19-33)30(35)23-39-31(28-16-7-8-17-34(28)40(36)37)27-15-9-13-24-10-5-6-14-26(24)27/h2-6,9-15,28-29,31H,7-8,16-23H2,1H3,(H,36,37)/p-1. The molecule has 1 amide bonds. The van der Waals surface area contributed by atoms with E-state index in [0.29, 0.717) is 32.7 Å². The molecular formula is C31H38N3O5S-. The summed E-state index contributed by atoms with van der Waals surface area (Å²) in [4.78, 5) is 17.8. The summed E-state index contributed by atoms with van der Waals surface area (Å²) in [5.74, 6) is -0.141. The third kappa shape index (κ3) is 6.79. The number of amides is 1. The van der Waals surface area contributed by atoms with Crippen molar-refractivity contribution in [2.75, 3.05) is 53.0 Å². The van der Waals surface area contributed by atoms with Crippen molar-refractivity contribution in [3.8, 4) is 0 Å². The van der Waals surface area contributed by atoms with Crippen LogP contribution in [0.1, 0.15) is 42.5 Å². The first-order chi connectivity index (χ1) is 19.5. The maximum Gasteiger partial charge on any atom is 0.248 e. The monoisotopic (exact) mass is 564 g/mol. The van der Waals surface area contributed by atoms with Crippen molar-refractivity contribution in [1.29, 1.82) is 0 Å². The zero-order valence-corrected chi connectivity index (χ0v) is 23.8. The maximum absolute atomic E-state index is 13.7. The van der Waals surface area contributed by atoms with E-state index in [4.69, 9.17) is 9.47 Å². The van der Waals surface area contributed by atoms with Crippen LogP contribution in [0.25, 0.3) is 10.8 Å². The molecule has 3 aromatic carbocycles. The molecule has 0 N–H and O–H groups in total. The van der Waals surface area contributed by atoms with Crippen molar-refractivity contribution in [2.45, 2.75) is 37.5 Å². The molecule has 0 spiro atoms. The molecule has 40 heavy (non-hydrogen) atoms. The summed E-state index contributed by atoms with van der Waals surface area (Å²) < 4.78 is 38.0. The minimum atomic E-state index is -2.38. The number of fused-ring (bicyclic) bond motifs is 1. The predicted octanol–water partition coefficient (Wildman–Crippen LogP) is 4.08. The van der Waals surface area contributed by atoms with E-state index in [0.717, 1.165) is 47.8 Å². The minimum Gasteiger partial charge on any atom is -0.760 e. The zero-order chi connectivity index (χ0) is 27.9. The van der Waals surface area contributed by atoms with Crippen molar-refractivity contribution in [1.82, 2.24) is 14.1 Å². The fraction of sp³-hybridized carbons (Fsp3) is 0.452. The molecule has 9 heteroatoms. The van der Waals surface area contributed by atoms with Crippen LogP contribution in [0.4, 0.5) is 0 Å². The Morgan fingerprint density at radius 3 is 2.52 bits per heavy atom. The average Bonchev–Trinajstić information content (AvgIpc) is 3.00. The fourth-order valence-electron chi connectivity index (χ4n) is 5.92. The molecule has 0 radical (unpaired) electrons. The second-order valence-electron chi connectivity index (χ2n) is 10.6. The van der Waals surface area contributed by atoms with Crippen molar-refractivity contribution < 1.29 is 23.0 Å². The molecule has 214 valence electrons. The zero-order valence-electron chi connectivity index (χ0n) is 23.0. The van der Waals surface area contributed by atoms with Crippen LogP contribution < -0.4 is 0 Å². The van der Waals surface area contributed by atoms with Gasteiger partial charge in [-0.3, -0.25) is 13.9 Å². The lowest BCUT2D eigenvalue weighted by molar-refractivity contribution is -0.141. The van der Waals surface area contributed by atoms with E-state index in [-0.39, 0.29) is 24.6 Å². The lowest BCUT2D eigenvalue weighted by atomic mass is 9.91. The van der Waals surface area contributed by atoms with E-state index in [2.05, 4.69) is 17.0 Å². The Balaban J connectivity index is 1.40. The van der Waals surface area contributed by atoms with Gasteiger partial charge in [0.2, 0.25) is 5.91 Å². The van der Waals surface area contributed by atoms with Crippen molar-refractivity contribution >= 4 is 27.9 Å². The van der Waals surface area contributed by atoms with Crippen LogP contribution in [0.2, 0.25) is 0 Å². The second-order valence-corrected chi connectivity index (χ2v) is 11.5. The van der Waals surface area contributed by atoms with Gasteiger partial charge in [0.05, 0.1) is 25.3 Å². The number of carbonyl (C=O) groups is 1. The van der Waals surface area contributed by atoms with Gasteiger partial charge in [-0.15, -0.1) is 0 Å². The Morgan fingerprint density at radius 2 is 1.75 bits per heavy atom. The lowest BCUT2D eigenvalue weighted by Crippen LogP contribution is -2.46. The van der Waals surface area contributed by atoms with Crippen molar-refractivity contribution in [2.24, 2.45) is 0 Å². The van der Waals surface area contributed by atoms with Gasteiger partial charge in [-0.25, -0.2) is 4.31 Å². The van der Waals surface area contributed by atoms with Crippen LogP contribution in [-0.4, -0.2) is 87.9 Å². The Morgan fingerprint density at radius 1 is 1.02 bits per heavy atom. The number of carbonyl (C=O) groups excluding carboxylic acids is 1. The van der Waals surface area contributed by atoms with E-state index >= 15 is 0 Å². The van der Waals surface area contributed by atoms with Crippen LogP contribution in [-0.2, 0) is 25.5 Å². The summed E-state index contributed by atoms with van der Waals surface area (Å²) in [5.41, 5.74) is 1.97. The fourth-order valence-corrected chi connectivity index (χ4v) is 6.63. The summed E-state index contributed by atoms with van der Waals surface area (Å²) in [6, 6.07) is 23.6. The van der Waals surface area contributed by atoms with E-state index in [1.165, 1.54) is 4.31 Å². The highest BCUT2D eigenvalue weighted by Gasteiger charge is 2.35. The molecule has 2 saturated heterocycles. The van der Waals surface area contributed by atoms with E-state index in [9.17, 15) is 13.6 Å². The predicted molar refractivity (Wildman–Crippen MR) is 155 cm³/mol. The average molecular weight is 565 g/mol. The summed E-state index contributed by atoms with van der Waals surface area (Å²) >= 11 is -2.38. The molecule has 0 aromatic heterocycles. The molecule has 5 rings (SSSR count). The molecule has 3 aromatic rings. The number of likely N-dealkylation sites (N-methyl/N-ethyl adjacent to an activating group) is 1. The second kappa shape index (κ2) is 13.8. The first-order valence-electron chi connectivity index (χ1n) is 14.1. The highest BCUT2D eigenvalue weighted by Crippen LogP contribution is 2.36. The topological polar surface area (TPSA) is 85.4 Å². The van der Waals surface area contributed by atoms with Crippen molar-refractivity contribution in [3.05, 3.63) is 83.9 Å². The van der Waals surface area contributed by atoms with Gasteiger partial charge in [0.15, 0.2) is 0 Å². The largest absolute Gasteiger partial charge is 0.760 e. The van der Waals surface area contributed by atoms with Gasteiger partial charge in [-0.2, -0.15) is 0 Å².